The fraction of sp³-hybridized carbons (Fsp3) is 0.615. The normalized spacial score (nSPS) is 12.6. The number of carbonyl (C=O) groups excluding carboxylic acids is 1. The standard InChI is InChI=1S/C13H21N3O2/c1-8(2)12(5-6-17)14-13(18)11-7-9(3)15-16-10(11)4/h7-8,12,17H,5-6H2,1-4H3,(H,14,18). The summed E-state index contributed by atoms with van der Waals surface area (Å²) >= 11 is 0. The van der Waals surface area contributed by atoms with Gasteiger partial charge in [0.1, 0.15) is 0 Å². The minimum atomic E-state index is -0.155. The van der Waals surface area contributed by atoms with Gasteiger partial charge in [0.25, 0.3) is 5.91 Å². The summed E-state index contributed by atoms with van der Waals surface area (Å²) in [5.74, 6) is 0.120. The van der Waals surface area contributed by atoms with Crippen molar-refractivity contribution < 1.29 is 9.90 Å². The molecule has 100 valence electrons. The number of aliphatic hydroxyl groups excluding tert-OH is 1. The molecule has 0 aromatic carbocycles. The third-order valence-corrected chi connectivity index (χ3v) is 2.91. The molecule has 1 atom stereocenters. The van der Waals surface area contributed by atoms with Gasteiger partial charge in [0.05, 0.1) is 17.0 Å². The predicted octanol–water partition coefficient (Wildman–Crippen LogP) is 1.23. The first kappa shape index (κ1) is 14.6. The number of amides is 1. The number of aromatic nitrogens is 2. The Balaban J connectivity index is 2.83. The van der Waals surface area contributed by atoms with Crippen LogP contribution in [0, 0.1) is 19.8 Å². The number of nitrogens with zero attached hydrogens (tertiary/aromatic N) is 2. The Hall–Kier alpha value is -1.49. The third-order valence-electron chi connectivity index (χ3n) is 2.91. The molecule has 0 spiro atoms. The molecule has 0 aliphatic rings. The van der Waals surface area contributed by atoms with Crippen LogP contribution in [-0.4, -0.2) is 33.9 Å². The van der Waals surface area contributed by atoms with Crippen LogP contribution in [0.3, 0.4) is 0 Å². The van der Waals surface area contributed by atoms with E-state index in [0.717, 1.165) is 0 Å². The van der Waals surface area contributed by atoms with Crippen molar-refractivity contribution in [1.29, 1.82) is 0 Å². The number of nitrogens with one attached hydrogen (secondary N) is 1. The highest BCUT2D eigenvalue weighted by Crippen LogP contribution is 2.10. The average molecular weight is 251 g/mol. The quantitative estimate of drug-likeness (QED) is 0.825. The molecule has 1 unspecified atom stereocenters. The zero-order valence-corrected chi connectivity index (χ0v) is 11.4. The van der Waals surface area contributed by atoms with Gasteiger partial charge < -0.3 is 10.4 Å². The van der Waals surface area contributed by atoms with E-state index in [-0.39, 0.29) is 24.5 Å². The Morgan fingerprint density at radius 3 is 2.61 bits per heavy atom. The van der Waals surface area contributed by atoms with Gasteiger partial charge in [0.2, 0.25) is 0 Å². The third kappa shape index (κ3) is 3.77. The van der Waals surface area contributed by atoms with Gasteiger partial charge in [0.15, 0.2) is 0 Å². The SMILES string of the molecule is Cc1cc(C(=O)NC(CCO)C(C)C)c(C)nn1. The van der Waals surface area contributed by atoms with Gasteiger partial charge in [-0.2, -0.15) is 10.2 Å². The summed E-state index contributed by atoms with van der Waals surface area (Å²) in [6.07, 6.45) is 0.556. The summed E-state index contributed by atoms with van der Waals surface area (Å²) in [5, 5.41) is 19.8. The fourth-order valence-corrected chi connectivity index (χ4v) is 1.74. The van der Waals surface area contributed by atoms with Crippen LogP contribution in [0.25, 0.3) is 0 Å². The molecule has 0 aliphatic carbocycles. The van der Waals surface area contributed by atoms with Crippen LogP contribution in [-0.2, 0) is 0 Å². The highest BCUT2D eigenvalue weighted by atomic mass is 16.3. The second kappa shape index (κ2) is 6.44. The van der Waals surface area contributed by atoms with Crippen LogP contribution >= 0.6 is 0 Å². The topological polar surface area (TPSA) is 75.1 Å². The molecule has 1 aromatic rings. The molecule has 0 fully saturated rings. The van der Waals surface area contributed by atoms with E-state index in [1.54, 1.807) is 19.9 Å². The van der Waals surface area contributed by atoms with E-state index in [1.165, 1.54) is 0 Å². The van der Waals surface area contributed by atoms with Crippen LogP contribution in [0.1, 0.15) is 42.0 Å². The Morgan fingerprint density at radius 2 is 2.06 bits per heavy atom. The van der Waals surface area contributed by atoms with Gasteiger partial charge in [-0.15, -0.1) is 0 Å². The number of hydrogen-bond acceptors (Lipinski definition) is 4. The molecule has 0 saturated carbocycles. The van der Waals surface area contributed by atoms with Gasteiger partial charge in [-0.3, -0.25) is 4.79 Å². The lowest BCUT2D eigenvalue weighted by Gasteiger charge is -2.21. The Labute approximate surface area is 108 Å². The van der Waals surface area contributed by atoms with Crippen molar-refractivity contribution in [3.8, 4) is 0 Å². The number of hydrogen-bond donors (Lipinski definition) is 2. The van der Waals surface area contributed by atoms with E-state index < -0.39 is 0 Å². The molecular formula is C13H21N3O2. The molecule has 1 amide bonds. The van der Waals surface area contributed by atoms with Gasteiger partial charge in [-0.1, -0.05) is 13.8 Å². The van der Waals surface area contributed by atoms with E-state index in [9.17, 15) is 4.79 Å². The molecular weight excluding hydrogens is 230 g/mol. The summed E-state index contributed by atoms with van der Waals surface area (Å²) < 4.78 is 0. The van der Waals surface area contributed by atoms with Crippen LogP contribution in [0.2, 0.25) is 0 Å². The second-order valence-electron chi connectivity index (χ2n) is 4.82. The highest BCUT2D eigenvalue weighted by molar-refractivity contribution is 5.95. The average Bonchev–Trinajstić information content (AvgIpc) is 2.31. The maximum atomic E-state index is 12.1. The summed E-state index contributed by atoms with van der Waals surface area (Å²) in [6.45, 7) is 7.66. The van der Waals surface area contributed by atoms with Crippen molar-refractivity contribution >= 4 is 5.91 Å². The fourth-order valence-electron chi connectivity index (χ4n) is 1.74. The van der Waals surface area contributed by atoms with E-state index in [4.69, 9.17) is 5.11 Å². The smallest absolute Gasteiger partial charge is 0.253 e. The van der Waals surface area contributed by atoms with Gasteiger partial charge in [-0.25, -0.2) is 0 Å². The molecule has 1 aromatic heterocycles. The highest BCUT2D eigenvalue weighted by Gasteiger charge is 2.18. The molecule has 0 bridgehead atoms. The molecule has 0 aliphatic heterocycles. The van der Waals surface area contributed by atoms with Gasteiger partial charge in [0, 0.05) is 12.6 Å². The van der Waals surface area contributed by atoms with Crippen LogP contribution < -0.4 is 5.32 Å². The largest absolute Gasteiger partial charge is 0.396 e. The van der Waals surface area contributed by atoms with Gasteiger partial charge in [-0.05, 0) is 32.3 Å². The van der Waals surface area contributed by atoms with E-state index in [1.807, 2.05) is 13.8 Å². The number of aliphatic hydroxyl groups is 1. The molecule has 0 radical (unpaired) electrons. The molecule has 5 heteroatoms. The zero-order chi connectivity index (χ0) is 13.7. The van der Waals surface area contributed by atoms with E-state index in [2.05, 4.69) is 15.5 Å². The lowest BCUT2D eigenvalue weighted by Crippen LogP contribution is -2.39. The van der Waals surface area contributed by atoms with E-state index >= 15 is 0 Å². The maximum Gasteiger partial charge on any atom is 0.253 e. The predicted molar refractivity (Wildman–Crippen MR) is 69.3 cm³/mol. The second-order valence-corrected chi connectivity index (χ2v) is 4.82. The Kier molecular flexibility index (Phi) is 5.22. The Bertz CT molecular complexity index is 419. The van der Waals surface area contributed by atoms with Crippen molar-refractivity contribution in [2.45, 2.75) is 40.2 Å². The molecule has 0 saturated heterocycles. The monoisotopic (exact) mass is 251 g/mol. The van der Waals surface area contributed by atoms with Crippen LogP contribution in [0.5, 0.6) is 0 Å². The lowest BCUT2D eigenvalue weighted by atomic mass is 10.0. The van der Waals surface area contributed by atoms with Crippen molar-refractivity contribution in [3.05, 3.63) is 23.0 Å². The van der Waals surface area contributed by atoms with Crippen molar-refractivity contribution in [2.24, 2.45) is 5.92 Å². The number of aryl methyl sites for hydroxylation is 2. The summed E-state index contributed by atoms with van der Waals surface area (Å²) in [7, 11) is 0. The lowest BCUT2D eigenvalue weighted by molar-refractivity contribution is 0.0915. The first-order valence-electron chi connectivity index (χ1n) is 6.18. The van der Waals surface area contributed by atoms with Crippen molar-refractivity contribution in [1.82, 2.24) is 15.5 Å². The first-order chi connectivity index (χ1) is 8.45. The minimum absolute atomic E-state index is 0.0321. The number of carbonyl (C=O) groups is 1. The van der Waals surface area contributed by atoms with Gasteiger partial charge >= 0.3 is 0 Å². The molecule has 1 rings (SSSR count). The molecule has 5 nitrogen and oxygen atoms in total. The summed E-state index contributed by atoms with van der Waals surface area (Å²) in [5.41, 5.74) is 1.88. The molecule has 1 heterocycles. The molecule has 2 N–H and O–H groups in total. The van der Waals surface area contributed by atoms with Crippen molar-refractivity contribution in [2.75, 3.05) is 6.61 Å². The van der Waals surface area contributed by atoms with Crippen LogP contribution in [0.4, 0.5) is 0 Å². The Morgan fingerprint density at radius 1 is 1.39 bits per heavy atom. The minimum Gasteiger partial charge on any atom is -0.396 e. The maximum absolute atomic E-state index is 12.1. The summed E-state index contributed by atoms with van der Waals surface area (Å²) in [4.78, 5) is 12.1. The number of rotatable bonds is 5. The van der Waals surface area contributed by atoms with Crippen LogP contribution in [0.15, 0.2) is 6.07 Å². The summed E-state index contributed by atoms with van der Waals surface area (Å²) in [6, 6.07) is 1.70. The van der Waals surface area contributed by atoms with E-state index in [0.29, 0.717) is 23.4 Å². The molecule has 18 heavy (non-hydrogen) atoms. The first-order valence-corrected chi connectivity index (χ1v) is 6.18. The zero-order valence-electron chi connectivity index (χ0n) is 11.4. The van der Waals surface area contributed by atoms with Crippen molar-refractivity contribution in [3.63, 3.8) is 0 Å².